The van der Waals surface area contributed by atoms with E-state index >= 15 is 0 Å². The summed E-state index contributed by atoms with van der Waals surface area (Å²) in [7, 11) is 1.39. The Hall–Kier alpha value is -1.55. The van der Waals surface area contributed by atoms with E-state index in [9.17, 15) is 4.79 Å². The summed E-state index contributed by atoms with van der Waals surface area (Å²) >= 11 is 0. The lowest BCUT2D eigenvalue weighted by Crippen LogP contribution is -2.56. The predicted molar refractivity (Wildman–Crippen MR) is 80.1 cm³/mol. The van der Waals surface area contributed by atoms with Crippen LogP contribution in [0.25, 0.3) is 0 Å². The fraction of sp³-hybridized carbons (Fsp3) is 0.562. The van der Waals surface area contributed by atoms with Gasteiger partial charge in [0, 0.05) is 6.04 Å². The minimum Gasteiger partial charge on any atom is -0.491 e. The van der Waals surface area contributed by atoms with Gasteiger partial charge in [-0.2, -0.15) is 0 Å². The van der Waals surface area contributed by atoms with E-state index in [-0.39, 0.29) is 18.6 Å². The second-order valence-corrected chi connectivity index (χ2v) is 5.68. The Morgan fingerprint density at radius 1 is 1.35 bits per heavy atom. The van der Waals surface area contributed by atoms with Gasteiger partial charge < -0.3 is 9.47 Å². The molecular formula is C16H25NO3. The summed E-state index contributed by atoms with van der Waals surface area (Å²) < 4.78 is 10.7. The minimum atomic E-state index is -0.861. The SMILES string of the molecule is COC(=O)C(C)(COc1ccc(C)cc1C)NC(C)C. The van der Waals surface area contributed by atoms with Gasteiger partial charge in [-0.15, -0.1) is 0 Å². The van der Waals surface area contributed by atoms with E-state index in [1.165, 1.54) is 12.7 Å². The molecule has 0 heterocycles. The molecule has 4 heteroatoms. The van der Waals surface area contributed by atoms with Crippen LogP contribution in [0.1, 0.15) is 31.9 Å². The van der Waals surface area contributed by atoms with Gasteiger partial charge in [-0.25, -0.2) is 4.79 Å². The molecule has 1 aromatic carbocycles. The molecule has 20 heavy (non-hydrogen) atoms. The van der Waals surface area contributed by atoms with Crippen molar-refractivity contribution < 1.29 is 14.3 Å². The lowest BCUT2D eigenvalue weighted by Gasteiger charge is -2.30. The Labute approximate surface area is 121 Å². The van der Waals surface area contributed by atoms with Crippen molar-refractivity contribution in [1.29, 1.82) is 0 Å². The van der Waals surface area contributed by atoms with E-state index in [0.717, 1.165) is 11.3 Å². The summed E-state index contributed by atoms with van der Waals surface area (Å²) in [6.45, 7) is 10.0. The number of carbonyl (C=O) groups is 1. The normalized spacial score (nSPS) is 13.9. The second kappa shape index (κ2) is 6.75. The number of benzene rings is 1. The van der Waals surface area contributed by atoms with Crippen LogP contribution in [-0.4, -0.2) is 31.3 Å². The van der Waals surface area contributed by atoms with Crippen LogP contribution in [0.15, 0.2) is 18.2 Å². The van der Waals surface area contributed by atoms with Gasteiger partial charge in [-0.05, 0) is 46.2 Å². The van der Waals surface area contributed by atoms with Crippen molar-refractivity contribution in [2.24, 2.45) is 0 Å². The van der Waals surface area contributed by atoms with E-state index in [2.05, 4.69) is 11.4 Å². The lowest BCUT2D eigenvalue weighted by atomic mass is 10.0. The van der Waals surface area contributed by atoms with Crippen LogP contribution in [0.3, 0.4) is 0 Å². The molecule has 0 aliphatic heterocycles. The molecule has 0 radical (unpaired) electrons. The van der Waals surface area contributed by atoms with Crippen molar-refractivity contribution in [2.45, 2.75) is 46.2 Å². The standard InChI is InChI=1S/C16H25NO3/c1-11(2)17-16(5,15(18)19-6)10-20-14-8-7-12(3)9-13(14)4/h7-9,11,17H,10H2,1-6H3. The third-order valence-corrected chi connectivity index (χ3v) is 3.09. The Balaban J connectivity index is 2.83. The van der Waals surface area contributed by atoms with Gasteiger partial charge in [0.15, 0.2) is 0 Å². The molecule has 1 unspecified atom stereocenters. The minimum absolute atomic E-state index is 0.154. The average Bonchev–Trinajstić information content (AvgIpc) is 2.35. The third kappa shape index (κ3) is 4.23. The molecule has 0 amide bonds. The van der Waals surface area contributed by atoms with Crippen LogP contribution in [-0.2, 0) is 9.53 Å². The number of hydrogen-bond donors (Lipinski definition) is 1. The van der Waals surface area contributed by atoms with E-state index in [0.29, 0.717) is 0 Å². The monoisotopic (exact) mass is 279 g/mol. The molecule has 0 bridgehead atoms. The van der Waals surface area contributed by atoms with Crippen molar-refractivity contribution in [1.82, 2.24) is 5.32 Å². The first-order valence-corrected chi connectivity index (χ1v) is 6.84. The highest BCUT2D eigenvalue weighted by atomic mass is 16.5. The van der Waals surface area contributed by atoms with E-state index in [1.54, 1.807) is 6.92 Å². The highest BCUT2D eigenvalue weighted by Crippen LogP contribution is 2.20. The largest absolute Gasteiger partial charge is 0.491 e. The number of nitrogens with one attached hydrogen (secondary N) is 1. The van der Waals surface area contributed by atoms with Crippen molar-refractivity contribution in [3.05, 3.63) is 29.3 Å². The van der Waals surface area contributed by atoms with Crippen molar-refractivity contribution in [3.8, 4) is 5.75 Å². The molecule has 0 aliphatic carbocycles. The molecule has 4 nitrogen and oxygen atoms in total. The fourth-order valence-electron chi connectivity index (χ4n) is 2.21. The number of hydrogen-bond acceptors (Lipinski definition) is 4. The maximum atomic E-state index is 12.0. The molecule has 0 spiro atoms. The van der Waals surface area contributed by atoms with Gasteiger partial charge in [-0.1, -0.05) is 17.7 Å². The third-order valence-electron chi connectivity index (χ3n) is 3.09. The quantitative estimate of drug-likeness (QED) is 0.813. The van der Waals surface area contributed by atoms with Crippen molar-refractivity contribution >= 4 is 5.97 Å². The first kappa shape index (κ1) is 16.5. The summed E-state index contributed by atoms with van der Waals surface area (Å²) in [6, 6.07) is 6.13. The fourth-order valence-corrected chi connectivity index (χ4v) is 2.21. The average molecular weight is 279 g/mol. The molecule has 0 saturated carbocycles. The maximum Gasteiger partial charge on any atom is 0.329 e. The van der Waals surface area contributed by atoms with E-state index in [1.807, 2.05) is 39.8 Å². The molecule has 1 N–H and O–H groups in total. The number of ether oxygens (including phenoxy) is 2. The smallest absolute Gasteiger partial charge is 0.329 e. The molecule has 1 atom stereocenters. The second-order valence-electron chi connectivity index (χ2n) is 5.68. The Bertz CT molecular complexity index is 471. The number of aryl methyl sites for hydroxylation is 2. The number of carbonyl (C=O) groups excluding carboxylic acids is 1. The first-order chi connectivity index (χ1) is 9.28. The summed E-state index contributed by atoms with van der Waals surface area (Å²) in [5.41, 5.74) is 1.38. The van der Waals surface area contributed by atoms with Gasteiger partial charge in [-0.3, -0.25) is 5.32 Å². The highest BCUT2D eigenvalue weighted by Gasteiger charge is 2.36. The van der Waals surface area contributed by atoms with Crippen LogP contribution >= 0.6 is 0 Å². The zero-order valence-electron chi connectivity index (χ0n) is 13.2. The molecule has 112 valence electrons. The van der Waals surface area contributed by atoms with Gasteiger partial charge in [0.25, 0.3) is 0 Å². The van der Waals surface area contributed by atoms with Crippen LogP contribution < -0.4 is 10.1 Å². The topological polar surface area (TPSA) is 47.6 Å². The van der Waals surface area contributed by atoms with Crippen molar-refractivity contribution in [2.75, 3.05) is 13.7 Å². The predicted octanol–water partition coefficient (Wildman–Crippen LogP) is 2.61. The Morgan fingerprint density at radius 2 is 2.00 bits per heavy atom. The molecular weight excluding hydrogens is 254 g/mol. The highest BCUT2D eigenvalue weighted by molar-refractivity contribution is 5.80. The number of methoxy groups -OCH3 is 1. The summed E-state index contributed by atoms with van der Waals surface area (Å²) in [5, 5.41) is 3.21. The molecule has 0 aromatic heterocycles. The number of esters is 1. The van der Waals surface area contributed by atoms with Gasteiger partial charge in [0.05, 0.1) is 7.11 Å². The van der Waals surface area contributed by atoms with E-state index in [4.69, 9.17) is 9.47 Å². The van der Waals surface area contributed by atoms with Crippen LogP contribution in [0, 0.1) is 13.8 Å². The molecule has 0 aliphatic rings. The van der Waals surface area contributed by atoms with Gasteiger partial charge >= 0.3 is 5.97 Å². The van der Waals surface area contributed by atoms with E-state index < -0.39 is 5.54 Å². The molecule has 1 rings (SSSR count). The first-order valence-electron chi connectivity index (χ1n) is 6.84. The maximum absolute atomic E-state index is 12.0. The molecule has 1 aromatic rings. The summed E-state index contributed by atoms with van der Waals surface area (Å²) in [5.74, 6) is 0.465. The zero-order chi connectivity index (χ0) is 15.3. The Kier molecular flexibility index (Phi) is 5.57. The zero-order valence-corrected chi connectivity index (χ0v) is 13.2. The van der Waals surface area contributed by atoms with Crippen molar-refractivity contribution in [3.63, 3.8) is 0 Å². The van der Waals surface area contributed by atoms with Crippen LogP contribution in [0.4, 0.5) is 0 Å². The van der Waals surface area contributed by atoms with Crippen LogP contribution in [0.5, 0.6) is 5.75 Å². The Morgan fingerprint density at radius 3 is 2.50 bits per heavy atom. The lowest BCUT2D eigenvalue weighted by molar-refractivity contribution is -0.149. The summed E-state index contributed by atoms with van der Waals surface area (Å²) in [6.07, 6.45) is 0. The van der Waals surface area contributed by atoms with Gasteiger partial charge in [0.2, 0.25) is 0 Å². The molecule has 0 fully saturated rings. The summed E-state index contributed by atoms with van der Waals surface area (Å²) in [4.78, 5) is 12.0. The molecule has 0 saturated heterocycles. The van der Waals surface area contributed by atoms with Crippen LogP contribution in [0.2, 0.25) is 0 Å². The number of rotatable bonds is 6. The van der Waals surface area contributed by atoms with Gasteiger partial charge in [0.1, 0.15) is 17.9 Å².